The minimum absolute atomic E-state index is 0.641. The highest BCUT2D eigenvalue weighted by Gasteiger charge is 2.35. The van der Waals surface area contributed by atoms with Crippen LogP contribution in [0, 0.1) is 11.8 Å². The van der Waals surface area contributed by atoms with Gasteiger partial charge in [0.1, 0.15) is 0 Å². The molecule has 0 radical (unpaired) electrons. The maximum atomic E-state index is 5.60. The SMILES string of the molecule is CCNC(=NCCc1ccc(OC)c(OC)c1OC)N1CC2CCCCC2C1. The summed E-state index contributed by atoms with van der Waals surface area (Å²) < 4.78 is 16.5. The summed E-state index contributed by atoms with van der Waals surface area (Å²) in [6.45, 7) is 6.03. The molecule has 2 fully saturated rings. The highest BCUT2D eigenvalue weighted by molar-refractivity contribution is 5.80. The van der Waals surface area contributed by atoms with Crippen LogP contribution in [0.15, 0.2) is 17.1 Å². The Balaban J connectivity index is 1.69. The molecule has 3 rings (SSSR count). The van der Waals surface area contributed by atoms with E-state index in [0.29, 0.717) is 18.0 Å². The van der Waals surface area contributed by atoms with E-state index in [2.05, 4.69) is 17.1 Å². The maximum absolute atomic E-state index is 5.60. The monoisotopic (exact) mass is 389 g/mol. The quantitative estimate of drug-likeness (QED) is 0.573. The van der Waals surface area contributed by atoms with Gasteiger partial charge in [-0.1, -0.05) is 18.9 Å². The Hall–Kier alpha value is -2.11. The van der Waals surface area contributed by atoms with Gasteiger partial charge >= 0.3 is 0 Å². The fourth-order valence-corrected chi connectivity index (χ4v) is 4.65. The van der Waals surface area contributed by atoms with Gasteiger partial charge in [0.2, 0.25) is 5.75 Å². The van der Waals surface area contributed by atoms with Crippen molar-refractivity contribution in [3.8, 4) is 17.2 Å². The second-order valence-electron chi connectivity index (χ2n) is 7.69. The van der Waals surface area contributed by atoms with Crippen molar-refractivity contribution in [2.24, 2.45) is 16.8 Å². The molecule has 1 heterocycles. The molecule has 1 saturated carbocycles. The molecule has 0 bridgehead atoms. The van der Waals surface area contributed by atoms with Gasteiger partial charge in [0.25, 0.3) is 0 Å². The lowest BCUT2D eigenvalue weighted by Gasteiger charge is -2.22. The van der Waals surface area contributed by atoms with Crippen LogP contribution in [0.3, 0.4) is 0 Å². The third-order valence-electron chi connectivity index (χ3n) is 6.04. The number of likely N-dealkylation sites (tertiary alicyclic amines) is 1. The van der Waals surface area contributed by atoms with Crippen molar-refractivity contribution in [1.82, 2.24) is 10.2 Å². The first-order valence-electron chi connectivity index (χ1n) is 10.5. The van der Waals surface area contributed by atoms with E-state index in [-0.39, 0.29) is 0 Å². The van der Waals surface area contributed by atoms with Crippen LogP contribution in [-0.4, -0.2) is 58.4 Å². The van der Waals surface area contributed by atoms with Gasteiger partial charge in [-0.25, -0.2) is 0 Å². The van der Waals surface area contributed by atoms with E-state index in [9.17, 15) is 0 Å². The summed E-state index contributed by atoms with van der Waals surface area (Å²) >= 11 is 0. The van der Waals surface area contributed by atoms with Gasteiger partial charge in [0.15, 0.2) is 17.5 Å². The zero-order chi connectivity index (χ0) is 19.9. The Morgan fingerprint density at radius 3 is 2.29 bits per heavy atom. The van der Waals surface area contributed by atoms with E-state index in [0.717, 1.165) is 55.2 Å². The number of rotatable bonds is 7. The zero-order valence-corrected chi connectivity index (χ0v) is 17.8. The van der Waals surface area contributed by atoms with Crippen molar-refractivity contribution in [2.75, 3.05) is 47.5 Å². The Morgan fingerprint density at radius 2 is 1.71 bits per heavy atom. The maximum Gasteiger partial charge on any atom is 0.203 e. The third kappa shape index (κ3) is 4.47. The number of benzene rings is 1. The highest BCUT2D eigenvalue weighted by Crippen LogP contribution is 2.40. The lowest BCUT2D eigenvalue weighted by atomic mass is 9.82. The number of fused-ring (bicyclic) bond motifs is 1. The molecule has 1 saturated heterocycles. The number of nitrogens with one attached hydrogen (secondary N) is 1. The fraction of sp³-hybridized carbons (Fsp3) is 0.682. The summed E-state index contributed by atoms with van der Waals surface area (Å²) in [5.41, 5.74) is 1.08. The van der Waals surface area contributed by atoms with Crippen LogP contribution in [0.1, 0.15) is 38.2 Å². The van der Waals surface area contributed by atoms with Crippen LogP contribution in [0.4, 0.5) is 0 Å². The molecule has 2 aliphatic rings. The number of guanidine groups is 1. The molecule has 6 heteroatoms. The summed E-state index contributed by atoms with van der Waals surface area (Å²) in [5, 5.41) is 3.49. The molecule has 6 nitrogen and oxygen atoms in total. The van der Waals surface area contributed by atoms with E-state index >= 15 is 0 Å². The van der Waals surface area contributed by atoms with Gasteiger partial charge in [-0.15, -0.1) is 0 Å². The van der Waals surface area contributed by atoms with E-state index < -0.39 is 0 Å². The van der Waals surface area contributed by atoms with Crippen LogP contribution in [0.5, 0.6) is 17.2 Å². The number of methoxy groups -OCH3 is 3. The van der Waals surface area contributed by atoms with Crippen molar-refractivity contribution < 1.29 is 14.2 Å². The van der Waals surface area contributed by atoms with E-state index in [1.54, 1.807) is 21.3 Å². The van der Waals surface area contributed by atoms with Crippen LogP contribution < -0.4 is 19.5 Å². The van der Waals surface area contributed by atoms with Gasteiger partial charge in [-0.05, 0) is 44.1 Å². The van der Waals surface area contributed by atoms with E-state index in [4.69, 9.17) is 19.2 Å². The van der Waals surface area contributed by atoms with Gasteiger partial charge in [-0.2, -0.15) is 0 Å². The molecular formula is C22H35N3O3. The van der Waals surface area contributed by atoms with Crippen LogP contribution >= 0.6 is 0 Å². The standard InChI is InChI=1S/C22H35N3O3/c1-5-23-22(25-14-17-8-6-7-9-18(17)15-25)24-13-12-16-10-11-19(26-2)21(28-4)20(16)27-3/h10-11,17-18H,5-9,12-15H2,1-4H3,(H,23,24). The number of hydrogen-bond donors (Lipinski definition) is 1. The van der Waals surface area contributed by atoms with Gasteiger partial charge in [-0.3, -0.25) is 4.99 Å². The molecule has 0 spiro atoms. The number of aliphatic imine (C=N–C) groups is 1. The molecule has 1 aromatic rings. The first-order valence-corrected chi connectivity index (χ1v) is 10.5. The van der Waals surface area contributed by atoms with Crippen molar-refractivity contribution in [3.05, 3.63) is 17.7 Å². The Labute approximate surface area is 169 Å². The van der Waals surface area contributed by atoms with Crippen LogP contribution in [-0.2, 0) is 6.42 Å². The van der Waals surface area contributed by atoms with Gasteiger partial charge in [0, 0.05) is 31.7 Å². The molecule has 28 heavy (non-hydrogen) atoms. The Bertz CT molecular complexity index is 663. The lowest BCUT2D eigenvalue weighted by molar-refractivity contribution is 0.299. The van der Waals surface area contributed by atoms with Crippen LogP contribution in [0.25, 0.3) is 0 Å². The molecule has 2 atom stereocenters. The summed E-state index contributed by atoms with van der Waals surface area (Å²) in [7, 11) is 4.94. The van der Waals surface area contributed by atoms with Crippen molar-refractivity contribution in [3.63, 3.8) is 0 Å². The first-order chi connectivity index (χ1) is 13.7. The summed E-state index contributed by atoms with van der Waals surface area (Å²) in [6, 6.07) is 3.96. The van der Waals surface area contributed by atoms with Crippen LogP contribution in [0.2, 0.25) is 0 Å². The molecule has 1 aromatic carbocycles. The largest absolute Gasteiger partial charge is 0.493 e. The molecule has 2 unspecified atom stereocenters. The Morgan fingerprint density at radius 1 is 1.04 bits per heavy atom. The predicted octanol–water partition coefficient (Wildman–Crippen LogP) is 3.34. The van der Waals surface area contributed by atoms with E-state index in [1.807, 2.05) is 12.1 Å². The molecular weight excluding hydrogens is 354 g/mol. The van der Waals surface area contributed by atoms with Crippen molar-refractivity contribution in [2.45, 2.75) is 39.0 Å². The smallest absolute Gasteiger partial charge is 0.203 e. The molecule has 1 N–H and O–H groups in total. The first kappa shape index (κ1) is 20.6. The summed E-state index contributed by atoms with van der Waals surface area (Å²) in [6.07, 6.45) is 6.33. The minimum atomic E-state index is 0.641. The fourth-order valence-electron chi connectivity index (χ4n) is 4.65. The molecule has 156 valence electrons. The highest BCUT2D eigenvalue weighted by atomic mass is 16.5. The normalized spacial score (nSPS) is 22.0. The number of nitrogens with zero attached hydrogens (tertiary/aromatic N) is 2. The second-order valence-corrected chi connectivity index (χ2v) is 7.69. The summed E-state index contributed by atoms with van der Waals surface area (Å²) in [4.78, 5) is 7.39. The lowest BCUT2D eigenvalue weighted by Crippen LogP contribution is -2.40. The molecule has 1 aliphatic heterocycles. The number of hydrogen-bond acceptors (Lipinski definition) is 4. The third-order valence-corrected chi connectivity index (χ3v) is 6.04. The topological polar surface area (TPSA) is 55.3 Å². The minimum Gasteiger partial charge on any atom is -0.493 e. The van der Waals surface area contributed by atoms with E-state index in [1.165, 1.54) is 25.7 Å². The number of ether oxygens (including phenoxy) is 3. The average Bonchev–Trinajstić information content (AvgIpc) is 3.16. The zero-order valence-electron chi connectivity index (χ0n) is 17.8. The average molecular weight is 390 g/mol. The summed E-state index contributed by atoms with van der Waals surface area (Å²) in [5.74, 6) is 4.80. The van der Waals surface area contributed by atoms with Crippen molar-refractivity contribution in [1.29, 1.82) is 0 Å². The Kier molecular flexibility index (Phi) is 7.29. The second kappa shape index (κ2) is 9.89. The molecule has 0 aromatic heterocycles. The van der Waals surface area contributed by atoms with Gasteiger partial charge in [0.05, 0.1) is 21.3 Å². The molecule has 1 aliphatic carbocycles. The van der Waals surface area contributed by atoms with Gasteiger partial charge < -0.3 is 24.4 Å². The van der Waals surface area contributed by atoms with Crippen molar-refractivity contribution >= 4 is 5.96 Å². The predicted molar refractivity (Wildman–Crippen MR) is 113 cm³/mol. The molecule has 0 amide bonds.